The minimum Gasteiger partial charge on any atom is -0.383 e. The number of ether oxygens (including phenoxy) is 2. The van der Waals surface area contributed by atoms with Gasteiger partial charge in [-0.1, -0.05) is 13.8 Å². The topological polar surface area (TPSA) is 67.9 Å². The zero-order valence-corrected chi connectivity index (χ0v) is 14.0. The maximum atomic E-state index is 12.2. The molecule has 0 radical (unpaired) electrons. The SMILES string of the molecule is COCCN(CCOC)S(=O)(=O)CCCCNC(C)C. The third kappa shape index (κ3) is 9.66. The van der Waals surface area contributed by atoms with Gasteiger partial charge < -0.3 is 14.8 Å². The van der Waals surface area contributed by atoms with Gasteiger partial charge in [-0.3, -0.25) is 0 Å². The molecular weight excluding hydrogens is 280 g/mol. The number of hydrogen-bond donors (Lipinski definition) is 1. The lowest BCUT2D eigenvalue weighted by Crippen LogP contribution is -2.38. The second kappa shape index (κ2) is 11.4. The van der Waals surface area contributed by atoms with E-state index < -0.39 is 10.0 Å². The summed E-state index contributed by atoms with van der Waals surface area (Å²) in [5.74, 6) is 0.181. The summed E-state index contributed by atoms with van der Waals surface area (Å²) in [6.07, 6.45) is 1.53. The summed E-state index contributed by atoms with van der Waals surface area (Å²) in [7, 11) is -0.0857. The molecule has 0 saturated heterocycles. The Morgan fingerprint density at radius 2 is 1.60 bits per heavy atom. The maximum absolute atomic E-state index is 12.2. The summed E-state index contributed by atoms with van der Waals surface area (Å²) in [6, 6.07) is 0.437. The van der Waals surface area contributed by atoms with Crippen LogP contribution in [0.3, 0.4) is 0 Å². The van der Waals surface area contributed by atoms with Gasteiger partial charge in [0.15, 0.2) is 0 Å². The van der Waals surface area contributed by atoms with Crippen molar-refractivity contribution in [1.29, 1.82) is 0 Å². The highest BCUT2D eigenvalue weighted by atomic mass is 32.2. The van der Waals surface area contributed by atoms with Crippen LogP contribution in [0.15, 0.2) is 0 Å². The Kier molecular flexibility index (Phi) is 11.3. The van der Waals surface area contributed by atoms with Crippen LogP contribution in [0.1, 0.15) is 26.7 Å². The zero-order valence-electron chi connectivity index (χ0n) is 13.2. The Bertz CT molecular complexity index is 312. The number of nitrogens with one attached hydrogen (secondary N) is 1. The second-order valence-corrected chi connectivity index (χ2v) is 7.11. The van der Waals surface area contributed by atoms with E-state index in [1.807, 2.05) is 0 Å². The van der Waals surface area contributed by atoms with Crippen molar-refractivity contribution in [1.82, 2.24) is 9.62 Å². The van der Waals surface area contributed by atoms with E-state index in [1.54, 1.807) is 14.2 Å². The molecular formula is C13H30N2O4S. The standard InChI is InChI=1S/C13H30N2O4S/c1-13(2)14-7-5-6-12-20(16,17)15(8-10-18-3)9-11-19-4/h13-14H,5-12H2,1-4H3. The van der Waals surface area contributed by atoms with Gasteiger partial charge in [0.1, 0.15) is 0 Å². The molecule has 6 nitrogen and oxygen atoms in total. The molecule has 122 valence electrons. The average Bonchev–Trinajstić information content (AvgIpc) is 2.37. The Balaban J connectivity index is 4.17. The van der Waals surface area contributed by atoms with Gasteiger partial charge >= 0.3 is 0 Å². The smallest absolute Gasteiger partial charge is 0.214 e. The molecule has 0 heterocycles. The van der Waals surface area contributed by atoms with Crippen molar-refractivity contribution >= 4 is 10.0 Å². The van der Waals surface area contributed by atoms with Crippen LogP contribution in [0.4, 0.5) is 0 Å². The van der Waals surface area contributed by atoms with Crippen LogP contribution in [-0.4, -0.2) is 71.6 Å². The first-order chi connectivity index (χ1) is 9.44. The zero-order chi connectivity index (χ0) is 15.4. The van der Waals surface area contributed by atoms with Crippen molar-refractivity contribution in [3.05, 3.63) is 0 Å². The second-order valence-electron chi connectivity index (χ2n) is 5.02. The summed E-state index contributed by atoms with van der Waals surface area (Å²) >= 11 is 0. The number of nitrogens with zero attached hydrogens (tertiary/aromatic N) is 1. The van der Waals surface area contributed by atoms with Crippen LogP contribution in [0.2, 0.25) is 0 Å². The van der Waals surface area contributed by atoms with Gasteiger partial charge in [0.05, 0.1) is 19.0 Å². The van der Waals surface area contributed by atoms with Crippen molar-refractivity contribution in [2.45, 2.75) is 32.7 Å². The van der Waals surface area contributed by atoms with Gasteiger partial charge in [-0.25, -0.2) is 8.42 Å². The largest absolute Gasteiger partial charge is 0.383 e. The normalized spacial score (nSPS) is 12.5. The summed E-state index contributed by atoms with van der Waals surface area (Å²) in [5.41, 5.74) is 0. The summed E-state index contributed by atoms with van der Waals surface area (Å²) in [6.45, 7) is 6.57. The monoisotopic (exact) mass is 310 g/mol. The molecule has 0 aliphatic carbocycles. The number of unbranched alkanes of at least 4 members (excludes halogenated alkanes) is 1. The van der Waals surface area contributed by atoms with Gasteiger partial charge in [-0.2, -0.15) is 4.31 Å². The molecule has 0 bridgehead atoms. The van der Waals surface area contributed by atoms with E-state index in [-0.39, 0.29) is 5.75 Å². The quantitative estimate of drug-likeness (QED) is 0.507. The van der Waals surface area contributed by atoms with E-state index in [9.17, 15) is 8.42 Å². The number of sulfonamides is 1. The lowest BCUT2D eigenvalue weighted by Gasteiger charge is -2.21. The highest BCUT2D eigenvalue weighted by Crippen LogP contribution is 2.05. The molecule has 0 aliphatic rings. The Morgan fingerprint density at radius 1 is 1.05 bits per heavy atom. The van der Waals surface area contributed by atoms with Crippen LogP contribution in [0.25, 0.3) is 0 Å². The molecule has 0 aliphatic heterocycles. The fourth-order valence-corrected chi connectivity index (χ4v) is 3.24. The average molecular weight is 310 g/mol. The molecule has 0 atom stereocenters. The summed E-state index contributed by atoms with van der Waals surface area (Å²) in [4.78, 5) is 0. The highest BCUT2D eigenvalue weighted by molar-refractivity contribution is 7.89. The van der Waals surface area contributed by atoms with Crippen LogP contribution in [-0.2, 0) is 19.5 Å². The molecule has 0 aromatic rings. The number of hydrogen-bond acceptors (Lipinski definition) is 5. The van der Waals surface area contributed by atoms with Crippen molar-refractivity contribution in [3.8, 4) is 0 Å². The first-order valence-electron chi connectivity index (χ1n) is 7.13. The van der Waals surface area contributed by atoms with E-state index in [0.29, 0.717) is 38.8 Å². The van der Waals surface area contributed by atoms with E-state index >= 15 is 0 Å². The van der Waals surface area contributed by atoms with E-state index in [0.717, 1.165) is 13.0 Å². The minimum atomic E-state index is -3.22. The fraction of sp³-hybridized carbons (Fsp3) is 1.00. The van der Waals surface area contributed by atoms with Crippen LogP contribution in [0.5, 0.6) is 0 Å². The minimum absolute atomic E-state index is 0.181. The number of rotatable bonds is 13. The van der Waals surface area contributed by atoms with E-state index in [1.165, 1.54) is 4.31 Å². The summed E-state index contributed by atoms with van der Waals surface area (Å²) < 4.78 is 35.8. The molecule has 0 spiro atoms. The molecule has 0 aromatic carbocycles. The van der Waals surface area contributed by atoms with Crippen molar-refractivity contribution in [2.75, 3.05) is 52.8 Å². The van der Waals surface area contributed by atoms with Gasteiger partial charge in [-0.15, -0.1) is 0 Å². The third-order valence-electron chi connectivity index (χ3n) is 2.86. The van der Waals surface area contributed by atoms with Gasteiger partial charge in [0.25, 0.3) is 0 Å². The molecule has 0 rings (SSSR count). The maximum Gasteiger partial charge on any atom is 0.214 e. The van der Waals surface area contributed by atoms with Crippen LogP contribution >= 0.6 is 0 Å². The van der Waals surface area contributed by atoms with Gasteiger partial charge in [-0.05, 0) is 19.4 Å². The fourth-order valence-electron chi connectivity index (χ4n) is 1.71. The number of methoxy groups -OCH3 is 2. The Morgan fingerprint density at radius 3 is 2.05 bits per heavy atom. The lowest BCUT2D eigenvalue weighted by molar-refractivity contribution is 0.150. The predicted molar refractivity (Wildman–Crippen MR) is 81.5 cm³/mol. The van der Waals surface area contributed by atoms with Crippen molar-refractivity contribution in [3.63, 3.8) is 0 Å². The molecule has 0 fully saturated rings. The van der Waals surface area contributed by atoms with Gasteiger partial charge in [0, 0.05) is 33.4 Å². The molecule has 0 unspecified atom stereocenters. The highest BCUT2D eigenvalue weighted by Gasteiger charge is 2.20. The Labute approximate surface area is 123 Å². The third-order valence-corrected chi connectivity index (χ3v) is 4.82. The van der Waals surface area contributed by atoms with Crippen LogP contribution in [0, 0.1) is 0 Å². The molecule has 0 saturated carbocycles. The van der Waals surface area contributed by atoms with E-state index in [2.05, 4.69) is 19.2 Å². The first-order valence-corrected chi connectivity index (χ1v) is 8.74. The molecule has 1 N–H and O–H groups in total. The first kappa shape index (κ1) is 19.8. The van der Waals surface area contributed by atoms with Crippen molar-refractivity contribution in [2.24, 2.45) is 0 Å². The van der Waals surface area contributed by atoms with Gasteiger partial charge in [0.2, 0.25) is 10.0 Å². The lowest BCUT2D eigenvalue weighted by atomic mass is 10.3. The molecule has 0 amide bonds. The predicted octanol–water partition coefficient (Wildman–Crippen LogP) is 0.689. The summed E-state index contributed by atoms with van der Waals surface area (Å²) in [5, 5.41) is 3.28. The molecule has 20 heavy (non-hydrogen) atoms. The van der Waals surface area contributed by atoms with E-state index in [4.69, 9.17) is 9.47 Å². The Hall–Kier alpha value is -0.210. The molecule has 7 heteroatoms. The van der Waals surface area contributed by atoms with Crippen LogP contribution < -0.4 is 5.32 Å². The van der Waals surface area contributed by atoms with Crippen molar-refractivity contribution < 1.29 is 17.9 Å². The molecule has 0 aromatic heterocycles.